The molecule has 128 valence electrons. The largest absolute Gasteiger partial charge is 0.279 e. The Morgan fingerprint density at radius 1 is 1.19 bits per heavy atom. The molecular weight excluding hydrogens is 336 g/mol. The van der Waals surface area contributed by atoms with Crippen molar-refractivity contribution in [3.05, 3.63) is 85.8 Å². The molecule has 0 unspecified atom stereocenters. The highest BCUT2D eigenvalue weighted by molar-refractivity contribution is 6.14. The molecule has 0 saturated carbocycles. The van der Waals surface area contributed by atoms with Crippen LogP contribution in [0.5, 0.6) is 0 Å². The van der Waals surface area contributed by atoms with Gasteiger partial charge in [0.2, 0.25) is 0 Å². The highest BCUT2D eigenvalue weighted by atomic mass is 16.6. The number of aromatic nitrogens is 4. The molecule has 4 rings (SSSR count). The fourth-order valence-corrected chi connectivity index (χ4v) is 2.83. The van der Waals surface area contributed by atoms with Gasteiger partial charge in [-0.3, -0.25) is 29.5 Å². The van der Waals surface area contributed by atoms with Crippen molar-refractivity contribution in [2.75, 3.05) is 0 Å². The molecule has 3 aromatic rings. The van der Waals surface area contributed by atoms with Crippen molar-refractivity contribution in [3.8, 4) is 5.69 Å². The van der Waals surface area contributed by atoms with E-state index >= 15 is 0 Å². The average molecular weight is 348 g/mol. The molecule has 0 N–H and O–H groups in total. The predicted octanol–water partition coefficient (Wildman–Crippen LogP) is 1.59. The number of aryl methyl sites for hydroxylation is 1. The maximum absolute atomic E-state index is 12.7. The molecule has 2 aromatic heterocycles. The second-order valence-electron chi connectivity index (χ2n) is 5.68. The lowest BCUT2D eigenvalue weighted by molar-refractivity contribution is -0.384. The van der Waals surface area contributed by atoms with E-state index in [2.05, 4.69) is 20.2 Å². The lowest BCUT2D eigenvalue weighted by Gasteiger charge is -2.12. The zero-order valence-corrected chi connectivity index (χ0v) is 13.7. The van der Waals surface area contributed by atoms with Gasteiger partial charge in [0, 0.05) is 23.9 Å². The van der Waals surface area contributed by atoms with Crippen molar-refractivity contribution in [3.63, 3.8) is 0 Å². The first-order valence-electron chi connectivity index (χ1n) is 7.76. The van der Waals surface area contributed by atoms with Gasteiger partial charge in [0.25, 0.3) is 11.2 Å². The average Bonchev–Trinajstić information content (AvgIpc) is 2.82. The SMILES string of the molecule is Cc1nnc2n(c1=O)-c1ccc([N+](=O)[O-])cc1C(c1ccccn1)=NC2. The number of benzene rings is 1. The van der Waals surface area contributed by atoms with Crippen LogP contribution in [0.4, 0.5) is 5.69 Å². The first kappa shape index (κ1) is 15.8. The van der Waals surface area contributed by atoms with E-state index in [9.17, 15) is 14.9 Å². The lowest BCUT2D eigenvalue weighted by atomic mass is 10.0. The maximum atomic E-state index is 12.7. The fourth-order valence-electron chi connectivity index (χ4n) is 2.83. The zero-order valence-electron chi connectivity index (χ0n) is 13.7. The number of hydrogen-bond acceptors (Lipinski definition) is 7. The van der Waals surface area contributed by atoms with Crippen molar-refractivity contribution in [2.24, 2.45) is 4.99 Å². The topological polar surface area (TPSA) is 116 Å². The molecule has 9 nitrogen and oxygen atoms in total. The molecule has 0 bridgehead atoms. The predicted molar refractivity (Wildman–Crippen MR) is 92.6 cm³/mol. The summed E-state index contributed by atoms with van der Waals surface area (Å²) in [7, 11) is 0. The maximum Gasteiger partial charge on any atom is 0.279 e. The van der Waals surface area contributed by atoms with E-state index < -0.39 is 4.92 Å². The molecule has 0 spiro atoms. The molecule has 1 aromatic carbocycles. The molecular formula is C17H12N6O3. The van der Waals surface area contributed by atoms with E-state index in [0.717, 1.165) is 0 Å². The van der Waals surface area contributed by atoms with Gasteiger partial charge in [-0.2, -0.15) is 0 Å². The summed E-state index contributed by atoms with van der Waals surface area (Å²) in [5.41, 5.74) is 1.75. The summed E-state index contributed by atoms with van der Waals surface area (Å²) in [5, 5.41) is 19.2. The van der Waals surface area contributed by atoms with Gasteiger partial charge in [-0.05, 0) is 25.1 Å². The first-order valence-corrected chi connectivity index (χ1v) is 7.76. The number of non-ortho nitro benzene ring substituents is 1. The van der Waals surface area contributed by atoms with E-state index in [0.29, 0.717) is 28.5 Å². The van der Waals surface area contributed by atoms with Crippen molar-refractivity contribution < 1.29 is 4.92 Å². The van der Waals surface area contributed by atoms with E-state index in [1.54, 1.807) is 31.3 Å². The molecule has 0 aliphatic carbocycles. The summed E-state index contributed by atoms with van der Waals surface area (Å²) >= 11 is 0. The fraction of sp³-hybridized carbons (Fsp3) is 0.118. The van der Waals surface area contributed by atoms with Crippen LogP contribution in [0.25, 0.3) is 5.69 Å². The van der Waals surface area contributed by atoms with Crippen molar-refractivity contribution in [1.29, 1.82) is 0 Å². The summed E-state index contributed by atoms with van der Waals surface area (Å²) in [6, 6.07) is 9.62. The quantitative estimate of drug-likeness (QED) is 0.513. The van der Waals surface area contributed by atoms with Gasteiger partial charge in [0.05, 0.1) is 22.0 Å². The number of hydrogen-bond donors (Lipinski definition) is 0. The number of nitrogens with zero attached hydrogens (tertiary/aromatic N) is 6. The lowest BCUT2D eigenvalue weighted by Crippen LogP contribution is -2.27. The second-order valence-corrected chi connectivity index (χ2v) is 5.68. The summed E-state index contributed by atoms with van der Waals surface area (Å²) in [4.78, 5) is 32.2. The van der Waals surface area contributed by atoms with Crippen molar-refractivity contribution in [2.45, 2.75) is 13.5 Å². The molecule has 0 atom stereocenters. The molecule has 9 heteroatoms. The van der Waals surface area contributed by atoms with Crippen LogP contribution in [0, 0.1) is 17.0 Å². The Labute approximate surface area is 146 Å². The highest BCUT2D eigenvalue weighted by Gasteiger charge is 2.24. The summed E-state index contributed by atoms with van der Waals surface area (Å²) in [5.74, 6) is 0.363. The Morgan fingerprint density at radius 3 is 2.77 bits per heavy atom. The van der Waals surface area contributed by atoms with Crippen LogP contribution in [-0.4, -0.2) is 30.4 Å². The van der Waals surface area contributed by atoms with Crippen LogP contribution < -0.4 is 5.56 Å². The third-order valence-electron chi connectivity index (χ3n) is 4.06. The number of rotatable bonds is 2. The van der Waals surface area contributed by atoms with Gasteiger partial charge in [0.1, 0.15) is 12.2 Å². The van der Waals surface area contributed by atoms with Crippen LogP contribution >= 0.6 is 0 Å². The third kappa shape index (κ3) is 2.46. The molecule has 0 saturated heterocycles. The van der Waals surface area contributed by atoms with Gasteiger partial charge >= 0.3 is 0 Å². The van der Waals surface area contributed by atoms with Crippen molar-refractivity contribution >= 4 is 11.4 Å². The molecule has 26 heavy (non-hydrogen) atoms. The van der Waals surface area contributed by atoms with Crippen LogP contribution in [0.15, 0.2) is 52.4 Å². The Balaban J connectivity index is 2.07. The molecule has 3 heterocycles. The van der Waals surface area contributed by atoms with E-state index in [1.165, 1.54) is 22.8 Å². The monoisotopic (exact) mass is 348 g/mol. The number of nitro groups is 1. The zero-order chi connectivity index (χ0) is 18.3. The summed E-state index contributed by atoms with van der Waals surface area (Å²) < 4.78 is 1.40. The van der Waals surface area contributed by atoms with Gasteiger partial charge in [-0.1, -0.05) is 6.07 Å². The van der Waals surface area contributed by atoms with Gasteiger partial charge in [-0.25, -0.2) is 0 Å². The van der Waals surface area contributed by atoms with E-state index in [4.69, 9.17) is 0 Å². The van der Waals surface area contributed by atoms with Crippen LogP contribution in [0.2, 0.25) is 0 Å². The Morgan fingerprint density at radius 2 is 2.04 bits per heavy atom. The summed E-state index contributed by atoms with van der Waals surface area (Å²) in [6.07, 6.45) is 1.61. The Hall–Kier alpha value is -3.75. The number of nitro benzene ring substituents is 1. The normalized spacial score (nSPS) is 12.6. The minimum Gasteiger partial charge on any atom is -0.274 e. The number of fused-ring (bicyclic) bond motifs is 3. The summed E-state index contributed by atoms with van der Waals surface area (Å²) in [6.45, 7) is 1.68. The highest BCUT2D eigenvalue weighted by Crippen LogP contribution is 2.26. The molecule has 1 aliphatic rings. The minimum absolute atomic E-state index is 0.0948. The Bertz CT molecular complexity index is 1120. The van der Waals surface area contributed by atoms with Gasteiger partial charge in [0.15, 0.2) is 5.82 Å². The van der Waals surface area contributed by atoms with Gasteiger partial charge in [-0.15, -0.1) is 10.2 Å². The van der Waals surface area contributed by atoms with Gasteiger partial charge < -0.3 is 0 Å². The second kappa shape index (κ2) is 5.96. The Kier molecular flexibility index (Phi) is 3.61. The molecule has 0 fully saturated rings. The number of aliphatic imine (C=N–C) groups is 1. The minimum atomic E-state index is -0.485. The van der Waals surface area contributed by atoms with Crippen LogP contribution in [-0.2, 0) is 6.54 Å². The smallest absolute Gasteiger partial charge is 0.274 e. The molecule has 0 radical (unpaired) electrons. The molecule has 0 amide bonds. The first-order chi connectivity index (χ1) is 12.6. The number of pyridine rings is 1. The standard InChI is InChI=1S/C17H12N6O3/c1-10-17(24)22-14-6-5-11(23(25)26)8-12(14)16(13-4-2-3-7-18-13)19-9-15(22)21-20-10/h2-8H,9H2,1H3. The van der Waals surface area contributed by atoms with Crippen LogP contribution in [0.1, 0.15) is 22.8 Å². The van der Waals surface area contributed by atoms with Crippen molar-refractivity contribution in [1.82, 2.24) is 19.7 Å². The molecule has 1 aliphatic heterocycles. The third-order valence-corrected chi connectivity index (χ3v) is 4.06. The van der Waals surface area contributed by atoms with E-state index in [1.807, 2.05) is 0 Å². The van der Waals surface area contributed by atoms with E-state index in [-0.39, 0.29) is 23.5 Å². The van der Waals surface area contributed by atoms with Crippen LogP contribution in [0.3, 0.4) is 0 Å².